The molecular weight excluding hydrogens is 402 g/mol. The molecule has 0 heterocycles. The predicted octanol–water partition coefficient (Wildman–Crippen LogP) is 6.01. The fourth-order valence-electron chi connectivity index (χ4n) is 1.85. The van der Waals surface area contributed by atoms with Gasteiger partial charge >= 0.3 is 0 Å². The molecule has 4 nitrogen and oxygen atoms in total. The summed E-state index contributed by atoms with van der Waals surface area (Å²) in [7, 11) is -3.96. The van der Waals surface area contributed by atoms with E-state index in [9.17, 15) is 4.55 Å². The van der Waals surface area contributed by atoms with Crippen molar-refractivity contribution >= 4 is 28.0 Å². The van der Waals surface area contributed by atoms with E-state index in [1.807, 2.05) is 26.8 Å². The van der Waals surface area contributed by atoms with Gasteiger partial charge in [0.05, 0.1) is 18.8 Å². The summed E-state index contributed by atoms with van der Waals surface area (Å²) in [5.74, 6) is 0. The van der Waals surface area contributed by atoms with Crippen molar-refractivity contribution < 1.29 is 13.4 Å². The van der Waals surface area contributed by atoms with Crippen molar-refractivity contribution in [1.82, 2.24) is 4.72 Å². The van der Waals surface area contributed by atoms with Crippen LogP contribution in [-0.4, -0.2) is 44.7 Å². The van der Waals surface area contributed by atoms with E-state index < -0.39 is 28.0 Å². The van der Waals surface area contributed by atoms with Crippen LogP contribution >= 0.6 is 0 Å². The molecular formula is C21H47NO3SSi2. The van der Waals surface area contributed by atoms with Crippen LogP contribution in [0.1, 0.15) is 62.3 Å². The van der Waals surface area contributed by atoms with Crippen molar-refractivity contribution in [3.8, 4) is 0 Å². The third-order valence-electron chi connectivity index (χ3n) is 6.12. The van der Waals surface area contributed by atoms with Crippen LogP contribution < -0.4 is 4.72 Å². The third-order valence-corrected chi connectivity index (χ3v) is 16.7. The molecule has 28 heavy (non-hydrogen) atoms. The average molecular weight is 450 g/mol. The molecule has 0 radical (unpaired) electrons. The molecule has 0 aromatic heterocycles. The summed E-state index contributed by atoms with van der Waals surface area (Å²) < 4.78 is 28.9. The lowest BCUT2D eigenvalue weighted by atomic mass is 10.2. The zero-order valence-electron chi connectivity index (χ0n) is 20.8. The normalized spacial score (nSPS) is 17.9. The highest BCUT2D eigenvalue weighted by atomic mass is 32.2. The van der Waals surface area contributed by atoms with Crippen molar-refractivity contribution in [3.63, 3.8) is 0 Å². The molecule has 0 aromatic rings. The predicted molar refractivity (Wildman–Crippen MR) is 130 cm³/mol. The number of hydrogen-bond acceptors (Lipinski definition) is 4. The minimum Gasteiger partial charge on any atom is -0.598 e. The van der Waals surface area contributed by atoms with Gasteiger partial charge in [-0.15, -0.1) is 11.3 Å². The molecule has 0 unspecified atom stereocenters. The van der Waals surface area contributed by atoms with E-state index in [-0.39, 0.29) is 27.0 Å². The van der Waals surface area contributed by atoms with E-state index in [1.165, 1.54) is 0 Å². The van der Waals surface area contributed by atoms with Crippen molar-refractivity contribution in [2.24, 2.45) is 0 Å². The monoisotopic (exact) mass is 449 g/mol. The van der Waals surface area contributed by atoms with Gasteiger partial charge in [-0.05, 0) is 57.0 Å². The molecule has 0 spiro atoms. The van der Waals surface area contributed by atoms with Gasteiger partial charge in [-0.3, -0.25) is 0 Å². The summed E-state index contributed by atoms with van der Waals surface area (Å²) in [6.07, 6.45) is 1.59. The van der Waals surface area contributed by atoms with E-state index in [1.54, 1.807) is 0 Å². The Morgan fingerprint density at radius 3 is 1.68 bits per heavy atom. The summed E-state index contributed by atoms with van der Waals surface area (Å²) in [4.78, 5) is 0. The third kappa shape index (κ3) is 8.24. The van der Waals surface area contributed by atoms with Crippen LogP contribution in [0.2, 0.25) is 36.3 Å². The first-order valence-corrected chi connectivity index (χ1v) is 17.2. The second-order valence-corrected chi connectivity index (χ2v) is 23.3. The van der Waals surface area contributed by atoms with Gasteiger partial charge in [0.15, 0.2) is 16.6 Å². The topological polar surface area (TPSA) is 53.5 Å². The molecule has 7 heteroatoms. The maximum Gasteiger partial charge on any atom is 0.192 e. The highest BCUT2D eigenvalue weighted by Gasteiger charge is 2.43. The molecule has 0 bridgehead atoms. The van der Waals surface area contributed by atoms with Gasteiger partial charge in [-0.25, -0.2) is 0 Å². The average Bonchev–Trinajstić information content (AvgIpc) is 2.45. The zero-order valence-corrected chi connectivity index (χ0v) is 23.6. The lowest BCUT2D eigenvalue weighted by Gasteiger charge is -2.43. The lowest BCUT2D eigenvalue weighted by Crippen LogP contribution is -2.56. The van der Waals surface area contributed by atoms with Crippen LogP contribution in [0.15, 0.2) is 12.7 Å². The van der Waals surface area contributed by atoms with Crippen molar-refractivity contribution in [3.05, 3.63) is 12.7 Å². The van der Waals surface area contributed by atoms with Crippen molar-refractivity contribution in [1.29, 1.82) is 0 Å². The standard InChI is InChI=1S/C21H47NO3SSi2/c1-15-17(22-26(23)19(2,3)4)18(25-28(13,14)21(8,9)10)16-24-27(11,12)20(5,6)7/h15,17-18,22H,1,16H2,2-14H3/t17-,18-,26+/m1/s1. The van der Waals surface area contributed by atoms with Crippen LogP contribution in [-0.2, 0) is 20.2 Å². The summed E-state index contributed by atoms with van der Waals surface area (Å²) >= 11 is -1.21. The Morgan fingerprint density at radius 2 is 1.36 bits per heavy atom. The van der Waals surface area contributed by atoms with Crippen LogP contribution in [0.3, 0.4) is 0 Å². The molecule has 0 saturated carbocycles. The molecule has 168 valence electrons. The Hall–Kier alpha value is 0.364. The Balaban J connectivity index is 5.68. The molecule has 0 amide bonds. The highest BCUT2D eigenvalue weighted by molar-refractivity contribution is 7.90. The van der Waals surface area contributed by atoms with Gasteiger partial charge in [0.2, 0.25) is 0 Å². The molecule has 0 aliphatic rings. The van der Waals surface area contributed by atoms with E-state index in [4.69, 9.17) is 8.85 Å². The smallest absolute Gasteiger partial charge is 0.192 e. The molecule has 0 aromatic carbocycles. The van der Waals surface area contributed by atoms with Gasteiger partial charge in [0, 0.05) is 11.4 Å². The summed E-state index contributed by atoms with van der Waals surface area (Å²) in [5.41, 5.74) is 0. The molecule has 3 atom stereocenters. The van der Waals surface area contributed by atoms with E-state index in [0.717, 1.165) is 0 Å². The minimum absolute atomic E-state index is 0.0805. The SMILES string of the molecule is C=C[C@@H](N[S@@+]([O-])C(C)(C)C)[C@@H](CO[Si](C)(C)C(C)(C)C)O[Si](C)(C)C(C)(C)C. The second-order valence-electron chi connectivity index (χ2n) is 11.7. The summed E-state index contributed by atoms with van der Waals surface area (Å²) in [6.45, 7) is 32.8. The van der Waals surface area contributed by atoms with Gasteiger partial charge in [0.25, 0.3) is 0 Å². The molecule has 0 fully saturated rings. The maximum atomic E-state index is 12.7. The number of nitrogens with one attached hydrogen (secondary N) is 1. The fourth-order valence-corrected chi connectivity index (χ4v) is 5.04. The maximum absolute atomic E-state index is 12.7. The van der Waals surface area contributed by atoms with Crippen LogP contribution in [0.5, 0.6) is 0 Å². The van der Waals surface area contributed by atoms with Gasteiger partial charge in [0.1, 0.15) is 4.75 Å². The van der Waals surface area contributed by atoms with Crippen LogP contribution in [0.25, 0.3) is 0 Å². The quantitative estimate of drug-likeness (QED) is 0.266. The van der Waals surface area contributed by atoms with E-state index in [0.29, 0.717) is 6.61 Å². The second kappa shape index (κ2) is 9.66. The first kappa shape index (κ1) is 28.4. The molecule has 0 rings (SSSR count). The van der Waals surface area contributed by atoms with Crippen molar-refractivity contribution in [2.45, 2.75) is 115 Å². The van der Waals surface area contributed by atoms with Gasteiger partial charge in [-0.2, -0.15) is 0 Å². The Morgan fingerprint density at radius 1 is 0.929 bits per heavy atom. The summed E-state index contributed by atoms with van der Waals surface area (Å²) in [5, 5.41) is 0.205. The largest absolute Gasteiger partial charge is 0.598 e. The zero-order chi connectivity index (χ0) is 22.8. The van der Waals surface area contributed by atoms with Crippen molar-refractivity contribution in [2.75, 3.05) is 6.61 Å². The van der Waals surface area contributed by atoms with Crippen LogP contribution in [0.4, 0.5) is 0 Å². The molecule has 0 aliphatic carbocycles. The summed E-state index contributed by atoms with van der Waals surface area (Å²) in [6, 6.07) is -0.237. The van der Waals surface area contributed by atoms with Crippen LogP contribution in [0, 0.1) is 0 Å². The van der Waals surface area contributed by atoms with Gasteiger partial charge in [-0.1, -0.05) is 47.6 Å². The Bertz CT molecular complexity index is 505. The first-order valence-electron chi connectivity index (χ1n) is 10.3. The fraction of sp³-hybridized carbons (Fsp3) is 0.905. The molecule has 1 N–H and O–H groups in total. The lowest BCUT2D eigenvalue weighted by molar-refractivity contribution is 0.0937. The molecule has 0 saturated heterocycles. The Kier molecular flexibility index (Phi) is 9.79. The number of hydrogen-bond donors (Lipinski definition) is 1. The van der Waals surface area contributed by atoms with Gasteiger partial charge < -0.3 is 13.4 Å². The van der Waals surface area contributed by atoms with E-state index >= 15 is 0 Å². The molecule has 0 aliphatic heterocycles. The minimum atomic E-state index is -2.04. The first-order chi connectivity index (χ1) is 12.2. The highest BCUT2D eigenvalue weighted by Crippen LogP contribution is 2.39. The number of rotatable bonds is 9. The van der Waals surface area contributed by atoms with E-state index in [2.05, 4.69) is 79.0 Å². The Labute approximate surface area is 180 Å².